The van der Waals surface area contributed by atoms with Gasteiger partial charge in [0.15, 0.2) is 11.3 Å². The average molecular weight is 323 g/mol. The van der Waals surface area contributed by atoms with Crippen LogP contribution in [0, 0.1) is 6.92 Å². The van der Waals surface area contributed by atoms with Crippen molar-refractivity contribution in [3.8, 4) is 11.5 Å². The highest BCUT2D eigenvalue weighted by Crippen LogP contribution is 2.28. The maximum atomic E-state index is 11.6. The molecule has 10 heteroatoms. The van der Waals surface area contributed by atoms with Crippen LogP contribution in [0.15, 0.2) is 35.4 Å². The lowest BCUT2D eigenvalue weighted by Gasteiger charge is -2.06. The van der Waals surface area contributed by atoms with E-state index in [0.29, 0.717) is 34.6 Å². The van der Waals surface area contributed by atoms with Crippen LogP contribution in [0.25, 0.3) is 17.2 Å². The molecule has 4 aromatic heterocycles. The van der Waals surface area contributed by atoms with E-state index >= 15 is 0 Å². The molecule has 0 saturated carbocycles. The quantitative estimate of drug-likeness (QED) is 0.437. The third-order valence-corrected chi connectivity index (χ3v) is 3.39. The molecular formula is C14H13N9O. The van der Waals surface area contributed by atoms with Gasteiger partial charge in [0, 0.05) is 24.4 Å². The number of rotatable bonds is 3. The highest BCUT2D eigenvalue weighted by Gasteiger charge is 2.17. The van der Waals surface area contributed by atoms with Gasteiger partial charge in [0.2, 0.25) is 5.95 Å². The van der Waals surface area contributed by atoms with Crippen molar-refractivity contribution in [1.29, 1.82) is 0 Å². The Kier molecular flexibility index (Phi) is 3.02. The van der Waals surface area contributed by atoms with E-state index in [4.69, 9.17) is 5.73 Å². The van der Waals surface area contributed by atoms with Gasteiger partial charge in [-0.05, 0) is 6.92 Å². The highest BCUT2D eigenvalue weighted by atomic mass is 16.1. The molecule has 0 aliphatic heterocycles. The van der Waals surface area contributed by atoms with Gasteiger partial charge in [0.1, 0.15) is 28.8 Å². The Balaban J connectivity index is 1.98. The first kappa shape index (κ1) is 13.9. The van der Waals surface area contributed by atoms with E-state index in [1.54, 1.807) is 29.8 Å². The van der Waals surface area contributed by atoms with E-state index in [2.05, 4.69) is 35.5 Å². The van der Waals surface area contributed by atoms with Gasteiger partial charge in [-0.2, -0.15) is 15.1 Å². The summed E-state index contributed by atoms with van der Waals surface area (Å²) in [7, 11) is 0. The molecule has 4 rings (SSSR count). The number of fused-ring (bicyclic) bond motifs is 1. The van der Waals surface area contributed by atoms with Crippen LogP contribution < -0.4 is 16.5 Å². The summed E-state index contributed by atoms with van der Waals surface area (Å²) in [6, 6.07) is 4.72. The number of imidazole rings is 1. The summed E-state index contributed by atoms with van der Waals surface area (Å²) < 4.78 is 1.77. The van der Waals surface area contributed by atoms with Crippen LogP contribution in [0.5, 0.6) is 0 Å². The molecular weight excluding hydrogens is 310 g/mol. The Hall–Kier alpha value is -3.69. The predicted octanol–water partition coefficient (Wildman–Crippen LogP) is 0.837. The summed E-state index contributed by atoms with van der Waals surface area (Å²) in [5.74, 6) is 2.28. The van der Waals surface area contributed by atoms with Gasteiger partial charge in [-0.1, -0.05) is 0 Å². The number of aromatic amines is 2. The van der Waals surface area contributed by atoms with Gasteiger partial charge in [0.25, 0.3) is 0 Å². The molecule has 0 amide bonds. The van der Waals surface area contributed by atoms with Crippen molar-refractivity contribution >= 4 is 23.2 Å². The second-order valence-electron chi connectivity index (χ2n) is 5.13. The monoisotopic (exact) mass is 323 g/mol. The fourth-order valence-corrected chi connectivity index (χ4v) is 2.46. The van der Waals surface area contributed by atoms with E-state index in [-0.39, 0.29) is 11.4 Å². The zero-order valence-corrected chi connectivity index (χ0v) is 12.6. The molecule has 4 aromatic rings. The Morgan fingerprint density at radius 2 is 2.12 bits per heavy atom. The summed E-state index contributed by atoms with van der Waals surface area (Å²) >= 11 is 0. The van der Waals surface area contributed by atoms with Gasteiger partial charge in [0.05, 0.1) is 6.20 Å². The number of pyridine rings is 1. The second-order valence-corrected chi connectivity index (χ2v) is 5.13. The van der Waals surface area contributed by atoms with Crippen molar-refractivity contribution in [2.24, 2.45) is 0 Å². The van der Waals surface area contributed by atoms with Crippen LogP contribution >= 0.6 is 0 Å². The van der Waals surface area contributed by atoms with Gasteiger partial charge in [-0.15, -0.1) is 0 Å². The Bertz CT molecular complexity index is 1060. The summed E-state index contributed by atoms with van der Waals surface area (Å²) in [6.45, 7) is 1.73. The molecule has 0 unspecified atom stereocenters. The molecule has 10 nitrogen and oxygen atoms in total. The molecule has 0 aromatic carbocycles. The first-order chi connectivity index (χ1) is 11.6. The van der Waals surface area contributed by atoms with E-state index in [0.717, 1.165) is 0 Å². The molecule has 5 N–H and O–H groups in total. The normalized spacial score (nSPS) is 11.0. The van der Waals surface area contributed by atoms with Crippen LogP contribution in [-0.4, -0.2) is 34.5 Å². The predicted molar refractivity (Wildman–Crippen MR) is 87.9 cm³/mol. The topological polar surface area (TPSA) is 143 Å². The number of aryl methyl sites for hydroxylation is 1. The first-order valence-corrected chi connectivity index (χ1v) is 7.09. The third kappa shape index (κ3) is 2.35. The lowest BCUT2D eigenvalue weighted by atomic mass is 10.3. The number of hydrogen-bond acceptors (Lipinski definition) is 7. The SMILES string of the molecule is Cc1nc(N)nc(-c2c(Nc3ccn[nH]3)[nH]c3cc(=O)ccn23)n1. The van der Waals surface area contributed by atoms with Crippen LogP contribution in [-0.2, 0) is 0 Å². The molecule has 0 fully saturated rings. The number of H-pyrrole nitrogens is 2. The molecule has 0 saturated heterocycles. The van der Waals surface area contributed by atoms with Crippen molar-refractivity contribution in [3.63, 3.8) is 0 Å². The second kappa shape index (κ2) is 5.19. The lowest BCUT2D eigenvalue weighted by Crippen LogP contribution is -2.05. The summed E-state index contributed by atoms with van der Waals surface area (Å²) in [6.07, 6.45) is 3.27. The molecule has 0 atom stereocenters. The molecule has 0 aliphatic rings. The summed E-state index contributed by atoms with van der Waals surface area (Å²) in [4.78, 5) is 27.3. The van der Waals surface area contributed by atoms with Crippen molar-refractivity contribution < 1.29 is 0 Å². The van der Waals surface area contributed by atoms with E-state index in [1.165, 1.54) is 12.1 Å². The molecule has 4 heterocycles. The number of hydrogen-bond donors (Lipinski definition) is 4. The minimum atomic E-state index is -0.109. The highest BCUT2D eigenvalue weighted by molar-refractivity contribution is 5.75. The average Bonchev–Trinajstić information content (AvgIpc) is 3.13. The third-order valence-electron chi connectivity index (χ3n) is 3.39. The Morgan fingerprint density at radius 1 is 1.25 bits per heavy atom. The van der Waals surface area contributed by atoms with Crippen molar-refractivity contribution in [2.75, 3.05) is 11.1 Å². The number of nitrogens with zero attached hydrogens (tertiary/aromatic N) is 5. The molecule has 120 valence electrons. The minimum Gasteiger partial charge on any atom is -0.368 e. The van der Waals surface area contributed by atoms with E-state index in [9.17, 15) is 4.79 Å². The van der Waals surface area contributed by atoms with Gasteiger partial charge < -0.3 is 16.0 Å². The minimum absolute atomic E-state index is 0.109. The maximum absolute atomic E-state index is 11.6. The first-order valence-electron chi connectivity index (χ1n) is 7.09. The van der Waals surface area contributed by atoms with Crippen molar-refractivity contribution in [3.05, 3.63) is 46.6 Å². The number of nitrogens with two attached hydrogens (primary N) is 1. The lowest BCUT2D eigenvalue weighted by molar-refractivity contribution is 0.983. The van der Waals surface area contributed by atoms with Crippen LogP contribution in [0.4, 0.5) is 17.6 Å². The van der Waals surface area contributed by atoms with Crippen LogP contribution in [0.1, 0.15) is 5.82 Å². The van der Waals surface area contributed by atoms with Gasteiger partial charge in [-0.25, -0.2) is 4.98 Å². The number of nitrogens with one attached hydrogen (secondary N) is 3. The fraction of sp³-hybridized carbons (Fsp3) is 0.0714. The van der Waals surface area contributed by atoms with E-state index in [1.807, 2.05) is 0 Å². The van der Waals surface area contributed by atoms with Crippen molar-refractivity contribution in [2.45, 2.75) is 6.92 Å². The molecule has 0 spiro atoms. The number of aromatic nitrogens is 7. The molecule has 0 bridgehead atoms. The van der Waals surface area contributed by atoms with Crippen molar-refractivity contribution in [1.82, 2.24) is 34.5 Å². The molecule has 0 radical (unpaired) electrons. The zero-order chi connectivity index (χ0) is 16.7. The molecule has 24 heavy (non-hydrogen) atoms. The summed E-state index contributed by atoms with van der Waals surface area (Å²) in [5, 5.41) is 9.87. The maximum Gasteiger partial charge on any atom is 0.223 e. The largest absolute Gasteiger partial charge is 0.368 e. The van der Waals surface area contributed by atoms with Gasteiger partial charge in [-0.3, -0.25) is 14.3 Å². The summed E-state index contributed by atoms with van der Waals surface area (Å²) in [5.41, 5.74) is 6.86. The van der Waals surface area contributed by atoms with Gasteiger partial charge >= 0.3 is 0 Å². The number of anilines is 3. The van der Waals surface area contributed by atoms with Crippen LogP contribution in [0.3, 0.4) is 0 Å². The number of nitrogen functional groups attached to an aromatic ring is 1. The fourth-order valence-electron chi connectivity index (χ4n) is 2.46. The van der Waals surface area contributed by atoms with E-state index < -0.39 is 0 Å². The van der Waals surface area contributed by atoms with Crippen LogP contribution in [0.2, 0.25) is 0 Å². The zero-order valence-electron chi connectivity index (χ0n) is 12.6. The smallest absolute Gasteiger partial charge is 0.223 e. The standard InChI is InChI=1S/C14H13N9O/c1-7-17-12(21-14(15)18-7)11-13(19-9-2-4-16-22-9)20-10-6-8(24)3-5-23(10)11/h2-6,20H,1H3,(H2,16,19,22)(H2,15,17,18,21). The molecule has 0 aliphatic carbocycles. The Morgan fingerprint density at radius 3 is 2.88 bits per heavy atom. The Labute approximate surface area is 134 Å².